The van der Waals surface area contributed by atoms with E-state index in [4.69, 9.17) is 0 Å². The maximum absolute atomic E-state index is 13.2. The Hall–Kier alpha value is -1.45. The molecule has 0 aliphatic heterocycles. The largest absolute Gasteiger partial charge is 0.481 e. The number of hydrogen-bond donors (Lipinski definition) is 1. The summed E-state index contributed by atoms with van der Waals surface area (Å²) in [5.41, 5.74) is 0.814. The number of ketones is 2. The van der Waals surface area contributed by atoms with Crippen LogP contribution < -0.4 is 0 Å². The van der Waals surface area contributed by atoms with Crippen LogP contribution in [0.5, 0.6) is 0 Å². The summed E-state index contributed by atoms with van der Waals surface area (Å²) in [6.45, 7) is 15.9. The van der Waals surface area contributed by atoms with E-state index in [1.807, 2.05) is 0 Å². The van der Waals surface area contributed by atoms with Gasteiger partial charge in [-0.05, 0) is 96.0 Å². The van der Waals surface area contributed by atoms with Crippen molar-refractivity contribution >= 4 is 17.5 Å². The number of carbonyl (C=O) groups excluding carboxylic acids is 2. The summed E-state index contributed by atoms with van der Waals surface area (Å²) in [6, 6.07) is 0. The van der Waals surface area contributed by atoms with Crippen molar-refractivity contribution in [2.75, 3.05) is 0 Å². The highest BCUT2D eigenvalue weighted by molar-refractivity contribution is 6.05. The predicted octanol–water partition coefficient (Wildman–Crippen LogP) is 6.62. The Kier molecular flexibility index (Phi) is 5.04. The van der Waals surface area contributed by atoms with Crippen molar-refractivity contribution in [1.29, 1.82) is 0 Å². The van der Waals surface area contributed by atoms with Crippen LogP contribution in [-0.4, -0.2) is 22.6 Å². The van der Waals surface area contributed by atoms with Crippen molar-refractivity contribution in [3.8, 4) is 0 Å². The Morgan fingerprint density at radius 1 is 0.882 bits per heavy atom. The second-order valence-corrected chi connectivity index (χ2v) is 14.2. The molecule has 4 fully saturated rings. The van der Waals surface area contributed by atoms with Gasteiger partial charge in [-0.2, -0.15) is 0 Å². The zero-order valence-corrected chi connectivity index (χ0v) is 22.3. The average Bonchev–Trinajstić information content (AvgIpc) is 3.05. The fraction of sp³-hybridized carbons (Fsp3) is 0.833. The highest BCUT2D eigenvalue weighted by atomic mass is 16.4. The quantitative estimate of drug-likeness (QED) is 0.494. The number of fused-ring (bicyclic) bond motifs is 7. The van der Waals surface area contributed by atoms with Gasteiger partial charge in [-0.25, -0.2) is 0 Å². The van der Waals surface area contributed by atoms with E-state index >= 15 is 0 Å². The van der Waals surface area contributed by atoms with Crippen LogP contribution >= 0.6 is 0 Å². The molecule has 0 radical (unpaired) electrons. The molecule has 0 amide bonds. The molecule has 5 aliphatic rings. The summed E-state index contributed by atoms with van der Waals surface area (Å²) >= 11 is 0. The SMILES string of the molecule is CC(C)C1=C2C3CCC4[C@@]5(C)CCC(=O)C(C)(C)C5CC[C@@]4(C)[C@]3(C)CC[C@@]2(C(=O)O)CC1=O. The highest BCUT2D eigenvalue weighted by Gasteiger charge is 2.70. The number of aliphatic carboxylic acids is 1. The molecule has 5 rings (SSSR count). The van der Waals surface area contributed by atoms with Gasteiger partial charge in [-0.15, -0.1) is 0 Å². The number of hydrogen-bond acceptors (Lipinski definition) is 3. The number of allylic oxidation sites excluding steroid dienone is 1. The van der Waals surface area contributed by atoms with Gasteiger partial charge in [0.05, 0.1) is 5.41 Å². The van der Waals surface area contributed by atoms with E-state index in [0.717, 1.165) is 49.7 Å². The lowest BCUT2D eigenvalue weighted by molar-refractivity contribution is -0.211. The maximum Gasteiger partial charge on any atom is 0.314 e. The van der Waals surface area contributed by atoms with E-state index in [1.54, 1.807) is 0 Å². The van der Waals surface area contributed by atoms with E-state index in [9.17, 15) is 19.5 Å². The third-order valence-corrected chi connectivity index (χ3v) is 12.6. The summed E-state index contributed by atoms with van der Waals surface area (Å²) in [7, 11) is 0. The van der Waals surface area contributed by atoms with Gasteiger partial charge in [0.1, 0.15) is 5.78 Å². The molecule has 0 heterocycles. The first-order valence-electron chi connectivity index (χ1n) is 13.7. The molecule has 0 aromatic carbocycles. The Balaban J connectivity index is 1.63. The number of carboxylic acids is 1. The monoisotopic (exact) mass is 468 g/mol. The van der Waals surface area contributed by atoms with E-state index in [-0.39, 0.29) is 45.7 Å². The van der Waals surface area contributed by atoms with Crippen molar-refractivity contribution in [3.63, 3.8) is 0 Å². The first-order chi connectivity index (χ1) is 15.7. The predicted molar refractivity (Wildman–Crippen MR) is 132 cm³/mol. The van der Waals surface area contributed by atoms with Crippen LogP contribution in [0.1, 0.15) is 106 Å². The minimum absolute atomic E-state index is 0.0193. The van der Waals surface area contributed by atoms with E-state index in [2.05, 4.69) is 48.5 Å². The summed E-state index contributed by atoms with van der Waals surface area (Å²) in [6.07, 6.45) is 7.51. The molecular formula is C30H44O4. The Labute approximate surface area is 205 Å². The summed E-state index contributed by atoms with van der Waals surface area (Å²) < 4.78 is 0. The first-order valence-corrected chi connectivity index (χ1v) is 13.7. The van der Waals surface area contributed by atoms with Crippen LogP contribution in [0, 0.1) is 50.7 Å². The second kappa shape index (κ2) is 7.07. The van der Waals surface area contributed by atoms with Gasteiger partial charge in [0.15, 0.2) is 5.78 Å². The number of carbonyl (C=O) groups is 3. The highest BCUT2D eigenvalue weighted by Crippen LogP contribution is 2.76. The molecule has 0 aromatic heterocycles. The Morgan fingerprint density at radius 2 is 1.56 bits per heavy atom. The minimum atomic E-state index is -0.982. The first kappa shape index (κ1) is 24.3. The van der Waals surface area contributed by atoms with Gasteiger partial charge >= 0.3 is 5.97 Å². The molecule has 4 heteroatoms. The number of carboxylic acid groups (broad SMARTS) is 1. The van der Waals surface area contributed by atoms with Crippen molar-refractivity contribution in [3.05, 3.63) is 11.1 Å². The Bertz CT molecular complexity index is 1000. The molecule has 0 saturated heterocycles. The lowest BCUT2D eigenvalue weighted by Gasteiger charge is -2.71. The lowest BCUT2D eigenvalue weighted by atomic mass is 9.33. The maximum atomic E-state index is 13.2. The third kappa shape index (κ3) is 2.64. The van der Waals surface area contributed by atoms with Crippen LogP contribution in [0.3, 0.4) is 0 Å². The molecular weight excluding hydrogens is 424 g/mol. The molecule has 5 aliphatic carbocycles. The smallest absolute Gasteiger partial charge is 0.314 e. The van der Waals surface area contributed by atoms with Crippen molar-refractivity contribution in [2.24, 2.45) is 50.7 Å². The minimum Gasteiger partial charge on any atom is -0.481 e. The molecule has 0 aromatic rings. The van der Waals surface area contributed by atoms with Gasteiger partial charge < -0.3 is 5.11 Å². The fourth-order valence-electron chi connectivity index (χ4n) is 10.7. The van der Waals surface area contributed by atoms with Gasteiger partial charge in [0, 0.05) is 18.3 Å². The number of rotatable bonds is 2. The molecule has 4 nitrogen and oxygen atoms in total. The van der Waals surface area contributed by atoms with Gasteiger partial charge in [0.2, 0.25) is 0 Å². The molecule has 188 valence electrons. The van der Waals surface area contributed by atoms with Gasteiger partial charge in [-0.3, -0.25) is 14.4 Å². The summed E-state index contributed by atoms with van der Waals surface area (Å²) in [4.78, 5) is 38.9. The molecule has 0 bridgehead atoms. The molecule has 3 unspecified atom stereocenters. The molecule has 4 saturated carbocycles. The third-order valence-electron chi connectivity index (χ3n) is 12.6. The molecule has 34 heavy (non-hydrogen) atoms. The van der Waals surface area contributed by atoms with Crippen LogP contribution in [-0.2, 0) is 14.4 Å². The van der Waals surface area contributed by atoms with Crippen molar-refractivity contribution < 1.29 is 19.5 Å². The summed E-state index contributed by atoms with van der Waals surface area (Å²) in [5, 5.41) is 10.4. The number of Topliss-reactive ketones (excluding diaryl/α,β-unsaturated/α-hetero) is 2. The van der Waals surface area contributed by atoms with Crippen LogP contribution in [0.4, 0.5) is 0 Å². The van der Waals surface area contributed by atoms with Crippen molar-refractivity contribution in [2.45, 2.75) is 106 Å². The molecule has 7 atom stereocenters. The fourth-order valence-corrected chi connectivity index (χ4v) is 10.7. The van der Waals surface area contributed by atoms with Crippen LogP contribution in [0.25, 0.3) is 0 Å². The average molecular weight is 469 g/mol. The topological polar surface area (TPSA) is 71.4 Å². The lowest BCUT2D eigenvalue weighted by Crippen LogP contribution is -2.65. The van der Waals surface area contributed by atoms with Crippen LogP contribution in [0.2, 0.25) is 0 Å². The van der Waals surface area contributed by atoms with Crippen LogP contribution in [0.15, 0.2) is 11.1 Å². The standard InChI is InChI=1S/C30H44O4/c1-17(2)23-19(31)16-30(25(33)34)15-14-28(6)18(24(23)30)8-9-21-27(5)12-11-22(32)26(3,4)20(27)10-13-29(21,28)7/h17-18,20-21H,8-16H2,1-7H3,(H,33,34)/t18?,20?,21?,27-,28+,29+,30+/m0/s1. The second-order valence-electron chi connectivity index (χ2n) is 14.2. The van der Waals surface area contributed by atoms with E-state index in [0.29, 0.717) is 30.5 Å². The van der Waals surface area contributed by atoms with Crippen molar-refractivity contribution in [1.82, 2.24) is 0 Å². The van der Waals surface area contributed by atoms with Gasteiger partial charge in [0.25, 0.3) is 0 Å². The normalized spacial score (nSPS) is 47.7. The van der Waals surface area contributed by atoms with E-state index < -0.39 is 11.4 Å². The zero-order valence-electron chi connectivity index (χ0n) is 22.3. The zero-order chi connectivity index (χ0) is 25.1. The van der Waals surface area contributed by atoms with E-state index in [1.165, 1.54) is 0 Å². The molecule has 0 spiro atoms. The molecule has 1 N–H and O–H groups in total. The summed E-state index contributed by atoms with van der Waals surface area (Å²) in [5.74, 6) is 0.898. The van der Waals surface area contributed by atoms with Gasteiger partial charge in [-0.1, -0.05) is 48.5 Å². The Morgan fingerprint density at radius 3 is 2.18 bits per heavy atom.